The topological polar surface area (TPSA) is 89.2 Å². The van der Waals surface area contributed by atoms with E-state index >= 15 is 13.2 Å². The molecule has 2 bridgehead atoms. The van der Waals surface area contributed by atoms with Crippen LogP contribution in [0, 0.1) is 23.7 Å². The maximum absolute atomic E-state index is 16.6. The summed E-state index contributed by atoms with van der Waals surface area (Å²) in [5, 5.41) is 10.3. The van der Waals surface area contributed by atoms with Crippen molar-refractivity contribution in [3.05, 3.63) is 12.7 Å². The molecule has 13 unspecified atom stereocenters. The molecular formula is C33H52F4N6O3. The van der Waals surface area contributed by atoms with Gasteiger partial charge in [-0.2, -0.15) is 0 Å². The highest BCUT2D eigenvalue weighted by Gasteiger charge is 2.60. The van der Waals surface area contributed by atoms with E-state index in [4.69, 9.17) is 4.74 Å². The van der Waals surface area contributed by atoms with Gasteiger partial charge in [0.25, 0.3) is 0 Å². The maximum atomic E-state index is 16.6. The van der Waals surface area contributed by atoms with Crippen LogP contribution in [0.15, 0.2) is 12.7 Å². The third kappa shape index (κ3) is 5.96. The summed E-state index contributed by atoms with van der Waals surface area (Å²) in [5.74, 6) is -1.71. The summed E-state index contributed by atoms with van der Waals surface area (Å²) in [6.07, 6.45) is -7.32. The fraction of sp³-hybridized carbons (Fsp3) is 0.879. The van der Waals surface area contributed by atoms with Gasteiger partial charge in [0.15, 0.2) is 0 Å². The van der Waals surface area contributed by atoms with Crippen LogP contribution in [0.4, 0.5) is 22.4 Å². The highest BCUT2D eigenvalue weighted by molar-refractivity contribution is 5.87. The lowest BCUT2D eigenvalue weighted by molar-refractivity contribution is -0.153. The number of fused-ring (bicyclic) bond motifs is 5. The number of nitrogens with zero attached hydrogens (tertiary/aromatic N) is 3. The standard InChI is InChI=1S/C33H52F4N6O3/c1-6-24(44)41-14-18(5)42(15-17(41)4)31-20-12-22(35)28-25-26(37)21(34)13-23(36)30(25)46-11-7-8-19-9-10-38-27(16(2)3)29(19)43(32(20)39-28)33(45)40-31/h6,16-23,25-32,38-39H,1,7-15H2,2-5H3,(H,40,45)/t17-,18+,19?,20?,21?,22?,23?,25?,26?,27?,28?,29?,30?,31?,32?/m1/s1. The largest absolute Gasteiger partial charge is 0.375 e. The van der Waals surface area contributed by atoms with E-state index in [2.05, 4.69) is 41.3 Å². The number of piperidine rings is 2. The molecule has 5 heterocycles. The minimum Gasteiger partial charge on any atom is -0.375 e. The average Bonchev–Trinajstić information content (AvgIpc) is 3.01. The third-order valence-electron chi connectivity index (χ3n) is 11.8. The number of carbonyl (C=O) groups is 2. The molecule has 5 aliphatic heterocycles. The number of halogens is 4. The van der Waals surface area contributed by atoms with Crippen LogP contribution >= 0.6 is 0 Å². The van der Waals surface area contributed by atoms with Crippen LogP contribution in [0.2, 0.25) is 0 Å². The van der Waals surface area contributed by atoms with Crippen molar-refractivity contribution in [2.75, 3.05) is 26.2 Å². The zero-order valence-electron chi connectivity index (χ0n) is 27.5. The number of hydrogen-bond acceptors (Lipinski definition) is 6. The molecule has 15 atom stereocenters. The van der Waals surface area contributed by atoms with Gasteiger partial charge in [0.1, 0.15) is 24.7 Å². The van der Waals surface area contributed by atoms with Crippen molar-refractivity contribution < 1.29 is 31.9 Å². The van der Waals surface area contributed by atoms with Crippen LogP contribution in [0.1, 0.15) is 59.8 Å². The smallest absolute Gasteiger partial charge is 0.320 e. The molecule has 0 spiro atoms. The van der Waals surface area contributed by atoms with Crippen LogP contribution in [0.25, 0.3) is 0 Å². The van der Waals surface area contributed by atoms with Crippen molar-refractivity contribution in [2.45, 2.75) is 133 Å². The Hall–Kier alpha value is -1.96. The second-order valence-corrected chi connectivity index (χ2v) is 15.0. The second kappa shape index (κ2) is 13.5. The number of ether oxygens (including phenoxy) is 1. The summed E-state index contributed by atoms with van der Waals surface area (Å²) in [6.45, 7) is 13.6. The molecule has 0 radical (unpaired) electrons. The molecule has 3 amide bonds. The summed E-state index contributed by atoms with van der Waals surface area (Å²) in [5.41, 5.74) is 0. The molecule has 0 aromatic heterocycles. The molecule has 260 valence electrons. The Labute approximate surface area is 270 Å². The first-order chi connectivity index (χ1) is 21.9. The molecule has 13 heteroatoms. The number of hydrogen-bond donors (Lipinski definition) is 3. The maximum Gasteiger partial charge on any atom is 0.320 e. The Kier molecular flexibility index (Phi) is 9.96. The van der Waals surface area contributed by atoms with E-state index in [0.717, 1.165) is 19.4 Å². The predicted octanol–water partition coefficient (Wildman–Crippen LogP) is 3.30. The molecule has 6 fully saturated rings. The highest BCUT2D eigenvalue weighted by atomic mass is 19.2. The quantitative estimate of drug-likeness (QED) is 0.320. The lowest BCUT2D eigenvalue weighted by atomic mass is 9.71. The predicted molar refractivity (Wildman–Crippen MR) is 166 cm³/mol. The van der Waals surface area contributed by atoms with Crippen LogP contribution < -0.4 is 16.0 Å². The first kappa shape index (κ1) is 33.9. The van der Waals surface area contributed by atoms with Crippen molar-refractivity contribution in [1.29, 1.82) is 0 Å². The van der Waals surface area contributed by atoms with Crippen LogP contribution in [0.3, 0.4) is 0 Å². The van der Waals surface area contributed by atoms with Gasteiger partial charge in [-0.25, -0.2) is 22.4 Å². The Morgan fingerprint density at radius 2 is 1.78 bits per heavy atom. The molecule has 0 aromatic carbocycles. The first-order valence-corrected chi connectivity index (χ1v) is 17.4. The van der Waals surface area contributed by atoms with Gasteiger partial charge >= 0.3 is 6.03 Å². The van der Waals surface area contributed by atoms with Crippen molar-refractivity contribution >= 4 is 11.9 Å². The number of amides is 3. The molecule has 1 aliphatic carbocycles. The van der Waals surface area contributed by atoms with E-state index < -0.39 is 67.4 Å². The molecule has 0 aromatic rings. The van der Waals surface area contributed by atoms with Crippen molar-refractivity contribution in [3.8, 4) is 0 Å². The number of nitrogens with one attached hydrogen (secondary N) is 3. The van der Waals surface area contributed by atoms with E-state index in [1.807, 2.05) is 18.7 Å². The van der Waals surface area contributed by atoms with Gasteiger partial charge in [-0.05, 0) is 64.0 Å². The van der Waals surface area contributed by atoms with Gasteiger partial charge in [-0.3, -0.25) is 15.0 Å². The van der Waals surface area contributed by atoms with E-state index in [1.54, 1.807) is 4.90 Å². The van der Waals surface area contributed by atoms with Gasteiger partial charge in [-0.15, -0.1) is 0 Å². The average molecular weight is 657 g/mol. The molecular weight excluding hydrogens is 604 g/mol. The zero-order chi connectivity index (χ0) is 33.0. The highest BCUT2D eigenvalue weighted by Crippen LogP contribution is 2.44. The van der Waals surface area contributed by atoms with Gasteiger partial charge < -0.3 is 25.2 Å². The monoisotopic (exact) mass is 656 g/mol. The van der Waals surface area contributed by atoms with Gasteiger partial charge in [0, 0.05) is 62.1 Å². The van der Waals surface area contributed by atoms with Crippen molar-refractivity contribution in [2.24, 2.45) is 23.7 Å². The van der Waals surface area contributed by atoms with E-state index in [1.165, 1.54) is 6.08 Å². The van der Waals surface area contributed by atoms with Crippen LogP contribution in [-0.4, -0.2) is 126 Å². The second-order valence-electron chi connectivity index (χ2n) is 15.0. The number of urea groups is 1. The Bertz CT molecular complexity index is 1140. The minimum absolute atomic E-state index is 0.0301. The fourth-order valence-corrected chi connectivity index (χ4v) is 9.64. The summed E-state index contributed by atoms with van der Waals surface area (Å²) in [6, 6.07) is -2.14. The van der Waals surface area contributed by atoms with E-state index in [9.17, 15) is 14.0 Å². The number of rotatable bonds is 3. The number of piperazine rings is 1. The first-order valence-electron chi connectivity index (χ1n) is 17.4. The molecule has 46 heavy (non-hydrogen) atoms. The van der Waals surface area contributed by atoms with Crippen molar-refractivity contribution in [3.63, 3.8) is 0 Å². The molecule has 6 aliphatic rings. The Morgan fingerprint density at radius 1 is 1.02 bits per heavy atom. The van der Waals surface area contributed by atoms with Crippen LogP contribution in [0.5, 0.6) is 0 Å². The van der Waals surface area contributed by atoms with E-state index in [0.29, 0.717) is 19.5 Å². The summed E-state index contributed by atoms with van der Waals surface area (Å²) in [4.78, 5) is 32.8. The van der Waals surface area contributed by atoms with Crippen LogP contribution in [-0.2, 0) is 9.53 Å². The molecule has 6 rings (SSSR count). The molecule has 3 N–H and O–H groups in total. The van der Waals surface area contributed by atoms with Crippen molar-refractivity contribution in [1.82, 2.24) is 30.7 Å². The molecule has 1 saturated carbocycles. The lowest BCUT2D eigenvalue weighted by Gasteiger charge is -2.60. The number of carbonyl (C=O) groups excluding carboxylic acids is 2. The Morgan fingerprint density at radius 3 is 2.50 bits per heavy atom. The van der Waals surface area contributed by atoms with Gasteiger partial charge in [0.05, 0.1) is 24.5 Å². The fourth-order valence-electron chi connectivity index (χ4n) is 9.64. The molecule has 9 nitrogen and oxygen atoms in total. The number of alkyl halides is 4. The summed E-state index contributed by atoms with van der Waals surface area (Å²) >= 11 is 0. The zero-order valence-corrected chi connectivity index (χ0v) is 27.5. The SMILES string of the molecule is C=CC(=O)N1C[C@H](C)N(C2NC(=O)N3C4NC(C(F)CC42)C2C(F)C(F)CC(F)C2OCCCC2CCNC(C(C)C)C23)C[C@H]1C. The van der Waals surface area contributed by atoms with Gasteiger partial charge in [-0.1, -0.05) is 20.4 Å². The summed E-state index contributed by atoms with van der Waals surface area (Å²) in [7, 11) is 0. The lowest BCUT2D eigenvalue weighted by Crippen LogP contribution is -2.80. The minimum atomic E-state index is -2.10. The van der Waals surface area contributed by atoms with E-state index in [-0.39, 0.29) is 61.0 Å². The third-order valence-corrected chi connectivity index (χ3v) is 11.8. The molecule has 5 saturated heterocycles. The van der Waals surface area contributed by atoms with Gasteiger partial charge in [0.2, 0.25) is 5.91 Å². The Balaban J connectivity index is 1.40. The summed E-state index contributed by atoms with van der Waals surface area (Å²) < 4.78 is 68.7. The normalized spacial score (nSPS) is 47.2.